The Morgan fingerprint density at radius 1 is 1.39 bits per heavy atom. The van der Waals surface area contributed by atoms with Gasteiger partial charge in [-0.1, -0.05) is 24.3 Å². The first-order valence-electron chi connectivity index (χ1n) is 5.31. The number of hydrogen-bond acceptors (Lipinski definition) is 2. The van der Waals surface area contributed by atoms with Crippen LogP contribution >= 0.6 is 0 Å². The zero-order chi connectivity index (χ0) is 12.6. The SMILES string of the molecule is COC(=O)[C@@H]1C[C@H]1c1cccc([B-](F)(F)F)c1.[K+]. The van der Waals surface area contributed by atoms with E-state index in [0.29, 0.717) is 12.0 Å². The Balaban J connectivity index is 0.00000162. The predicted octanol–water partition coefficient (Wildman–Crippen LogP) is -0.978. The number of hydrogen-bond donors (Lipinski definition) is 0. The summed E-state index contributed by atoms with van der Waals surface area (Å²) in [5.41, 5.74) is -0.0462. The maximum atomic E-state index is 12.5. The monoisotopic (exact) mass is 282 g/mol. The topological polar surface area (TPSA) is 26.3 Å². The van der Waals surface area contributed by atoms with E-state index < -0.39 is 12.4 Å². The van der Waals surface area contributed by atoms with Crippen molar-refractivity contribution in [2.24, 2.45) is 5.92 Å². The predicted molar refractivity (Wildman–Crippen MR) is 58.0 cm³/mol. The van der Waals surface area contributed by atoms with Gasteiger partial charge in [-0.15, -0.1) is 5.46 Å². The Bertz CT molecular complexity index is 450. The second kappa shape index (κ2) is 6.09. The van der Waals surface area contributed by atoms with Gasteiger partial charge in [-0.25, -0.2) is 0 Å². The number of benzene rings is 1. The molecule has 2 nitrogen and oxygen atoms in total. The van der Waals surface area contributed by atoms with Gasteiger partial charge in [0.25, 0.3) is 0 Å². The molecule has 18 heavy (non-hydrogen) atoms. The largest absolute Gasteiger partial charge is 1.00 e. The molecule has 0 radical (unpaired) electrons. The van der Waals surface area contributed by atoms with E-state index in [9.17, 15) is 17.7 Å². The molecule has 2 atom stereocenters. The average Bonchev–Trinajstić information content (AvgIpc) is 3.07. The fraction of sp³-hybridized carbons (Fsp3) is 0.364. The molecule has 1 aromatic rings. The third-order valence-electron chi connectivity index (χ3n) is 3.01. The van der Waals surface area contributed by atoms with E-state index in [1.54, 1.807) is 6.07 Å². The van der Waals surface area contributed by atoms with Crippen molar-refractivity contribution in [2.75, 3.05) is 7.11 Å². The van der Waals surface area contributed by atoms with E-state index in [-0.39, 0.29) is 69.2 Å². The molecule has 1 saturated carbocycles. The fourth-order valence-electron chi connectivity index (χ4n) is 1.97. The quantitative estimate of drug-likeness (QED) is 0.526. The molecular weight excluding hydrogens is 271 g/mol. The van der Waals surface area contributed by atoms with Crippen molar-refractivity contribution >= 4 is 18.4 Å². The maximum absolute atomic E-state index is 12.5. The molecule has 1 aliphatic rings. The third-order valence-corrected chi connectivity index (χ3v) is 3.01. The molecule has 0 unspecified atom stereocenters. The zero-order valence-corrected chi connectivity index (χ0v) is 13.3. The Hall–Kier alpha value is 0.181. The smallest absolute Gasteiger partial charge is 0.469 e. The van der Waals surface area contributed by atoms with Gasteiger partial charge < -0.3 is 17.7 Å². The minimum atomic E-state index is -4.98. The van der Waals surface area contributed by atoms with Gasteiger partial charge in [-0.3, -0.25) is 4.79 Å². The van der Waals surface area contributed by atoms with Crippen molar-refractivity contribution in [1.82, 2.24) is 0 Å². The normalized spacial score (nSPS) is 22.0. The van der Waals surface area contributed by atoms with Crippen molar-refractivity contribution in [3.05, 3.63) is 29.8 Å². The standard InChI is InChI=1S/C11H11BF3O2.K/c1-17-11(16)10-6-9(10)7-3-2-4-8(5-7)12(13,14)15;/h2-5,9-10H,6H2,1H3;/q-1;+1/t9-,10+;/m0./s1. The van der Waals surface area contributed by atoms with Gasteiger partial charge in [0.2, 0.25) is 0 Å². The summed E-state index contributed by atoms with van der Waals surface area (Å²) in [5, 5.41) is 0. The third kappa shape index (κ3) is 3.60. The Morgan fingerprint density at radius 2 is 2.06 bits per heavy atom. The van der Waals surface area contributed by atoms with Crippen LogP contribution in [0.3, 0.4) is 0 Å². The summed E-state index contributed by atoms with van der Waals surface area (Å²) in [4.78, 5) is 11.2. The summed E-state index contributed by atoms with van der Waals surface area (Å²) in [6.07, 6.45) is 0.570. The zero-order valence-electron chi connectivity index (χ0n) is 10.2. The van der Waals surface area contributed by atoms with Crippen molar-refractivity contribution in [1.29, 1.82) is 0 Å². The van der Waals surface area contributed by atoms with Gasteiger partial charge in [-0.2, -0.15) is 0 Å². The van der Waals surface area contributed by atoms with Gasteiger partial charge >= 0.3 is 64.3 Å². The molecule has 0 N–H and O–H groups in total. The second-order valence-electron chi connectivity index (χ2n) is 4.22. The fourth-order valence-corrected chi connectivity index (χ4v) is 1.97. The second-order valence-corrected chi connectivity index (χ2v) is 4.22. The van der Waals surface area contributed by atoms with Crippen molar-refractivity contribution in [3.63, 3.8) is 0 Å². The van der Waals surface area contributed by atoms with E-state index in [4.69, 9.17) is 0 Å². The van der Waals surface area contributed by atoms with E-state index >= 15 is 0 Å². The Morgan fingerprint density at radius 3 is 2.61 bits per heavy atom. The number of ether oxygens (including phenoxy) is 1. The molecule has 0 heterocycles. The molecule has 0 spiro atoms. The minimum absolute atomic E-state index is 0. The first-order valence-corrected chi connectivity index (χ1v) is 5.31. The van der Waals surface area contributed by atoms with Crippen LogP contribution in [0.15, 0.2) is 24.3 Å². The van der Waals surface area contributed by atoms with E-state index in [1.165, 1.54) is 13.2 Å². The Kier molecular flexibility index (Phi) is 5.49. The molecule has 7 heteroatoms. The average molecular weight is 282 g/mol. The molecule has 0 amide bonds. The molecular formula is C11H11BF3KO2. The van der Waals surface area contributed by atoms with Crippen LogP contribution in [-0.2, 0) is 9.53 Å². The molecule has 0 aromatic heterocycles. The first kappa shape index (κ1) is 16.2. The van der Waals surface area contributed by atoms with Crippen LogP contribution in [0.25, 0.3) is 0 Å². The number of esters is 1. The molecule has 92 valence electrons. The van der Waals surface area contributed by atoms with Crippen LogP contribution in [0.5, 0.6) is 0 Å². The van der Waals surface area contributed by atoms with Crippen molar-refractivity contribution in [2.45, 2.75) is 12.3 Å². The molecule has 1 aromatic carbocycles. The summed E-state index contributed by atoms with van der Waals surface area (Å²) in [6.45, 7) is -4.98. The number of halogens is 3. The van der Waals surface area contributed by atoms with E-state index in [1.807, 2.05) is 0 Å². The summed E-state index contributed by atoms with van der Waals surface area (Å²) in [5.74, 6) is -0.755. The summed E-state index contributed by atoms with van der Waals surface area (Å²) >= 11 is 0. The van der Waals surface area contributed by atoms with Crippen LogP contribution < -0.4 is 56.8 Å². The van der Waals surface area contributed by atoms with E-state index in [2.05, 4.69) is 4.74 Å². The minimum Gasteiger partial charge on any atom is -0.469 e. The molecule has 0 aliphatic heterocycles. The molecule has 0 bridgehead atoms. The molecule has 0 saturated heterocycles. The number of rotatable bonds is 3. The van der Waals surface area contributed by atoms with Crippen LogP contribution in [0.1, 0.15) is 17.9 Å². The van der Waals surface area contributed by atoms with Gasteiger partial charge in [0, 0.05) is 0 Å². The number of carbonyl (C=O) groups excluding carboxylic acids is 1. The van der Waals surface area contributed by atoms with Crippen molar-refractivity contribution in [3.8, 4) is 0 Å². The Labute approximate surface area is 146 Å². The first-order chi connectivity index (χ1) is 7.93. The van der Waals surface area contributed by atoms with Crippen LogP contribution in [0.4, 0.5) is 12.9 Å². The summed E-state index contributed by atoms with van der Waals surface area (Å²) < 4.78 is 42.2. The van der Waals surface area contributed by atoms with Crippen LogP contribution in [0.2, 0.25) is 0 Å². The van der Waals surface area contributed by atoms with E-state index in [0.717, 1.165) is 12.1 Å². The van der Waals surface area contributed by atoms with Gasteiger partial charge in [0.05, 0.1) is 13.0 Å². The van der Waals surface area contributed by atoms with Gasteiger partial charge in [-0.05, 0) is 17.9 Å². The molecule has 1 aliphatic carbocycles. The maximum Gasteiger partial charge on any atom is 1.00 e. The number of carbonyl (C=O) groups is 1. The number of methoxy groups -OCH3 is 1. The van der Waals surface area contributed by atoms with Crippen molar-refractivity contribution < 1.29 is 73.9 Å². The summed E-state index contributed by atoms with van der Waals surface area (Å²) in [6, 6.07) is 5.19. The van der Waals surface area contributed by atoms with Crippen LogP contribution in [0, 0.1) is 5.92 Å². The molecule has 2 rings (SSSR count). The van der Waals surface area contributed by atoms with Gasteiger partial charge in [0.15, 0.2) is 0 Å². The van der Waals surface area contributed by atoms with Gasteiger partial charge in [0.1, 0.15) is 0 Å². The summed E-state index contributed by atoms with van der Waals surface area (Å²) in [7, 11) is 1.28. The molecule has 1 fully saturated rings. The van der Waals surface area contributed by atoms with Crippen LogP contribution in [-0.4, -0.2) is 20.1 Å².